The van der Waals surface area contributed by atoms with Crippen molar-refractivity contribution < 1.29 is 36.3 Å². The van der Waals surface area contributed by atoms with E-state index in [2.05, 4.69) is 10.2 Å². The Morgan fingerprint density at radius 3 is 2.33 bits per heavy atom. The minimum atomic E-state index is -5.03. The molecule has 0 unspecified atom stereocenters. The van der Waals surface area contributed by atoms with E-state index >= 15 is 0 Å². The van der Waals surface area contributed by atoms with Gasteiger partial charge in [-0.1, -0.05) is 6.07 Å². The van der Waals surface area contributed by atoms with Gasteiger partial charge in [0.25, 0.3) is 5.91 Å². The summed E-state index contributed by atoms with van der Waals surface area (Å²) in [5.74, 6) is -4.48. The van der Waals surface area contributed by atoms with Crippen molar-refractivity contribution in [2.24, 2.45) is 0 Å². The van der Waals surface area contributed by atoms with Crippen LogP contribution in [0.25, 0.3) is 0 Å². The smallest absolute Gasteiger partial charge is 0.419 e. The molecule has 0 spiro atoms. The van der Waals surface area contributed by atoms with Gasteiger partial charge >= 0.3 is 12.3 Å². The first-order valence-corrected chi connectivity index (χ1v) is 11.6. The maximum Gasteiger partial charge on any atom is 0.419 e. The molecule has 2 aliphatic heterocycles. The molecule has 1 N–H and O–H groups in total. The molecular weight excluding hydrogens is 487 g/mol. The minimum Gasteiger partial charge on any atom is -0.444 e. The first-order chi connectivity index (χ1) is 16.8. The Kier molecular flexibility index (Phi) is 6.74. The second-order valence-corrected chi connectivity index (χ2v) is 10.1. The summed E-state index contributed by atoms with van der Waals surface area (Å²) in [5.41, 5.74) is -0.977. The fourth-order valence-electron chi connectivity index (χ4n) is 4.71. The Morgan fingerprint density at radius 2 is 1.72 bits per heavy atom. The quantitative estimate of drug-likeness (QED) is 0.571. The standard InChI is InChI=1S/C24H27F5N4O3/c1-23(2,3)36-22(35)33-11-8-15-17(12-33)30-31-20(15)21(34)32-9-6-13(7-10-32)14-4-5-16(25)19(26)18(14)24(27,28)29/h4-5,13H,6-12H2,1-3H3,(H,30,31). The highest BCUT2D eigenvalue weighted by Gasteiger charge is 2.41. The molecule has 1 saturated heterocycles. The van der Waals surface area contributed by atoms with Crippen LogP contribution in [0.3, 0.4) is 0 Å². The van der Waals surface area contributed by atoms with Gasteiger partial charge in [0.05, 0.1) is 17.8 Å². The summed E-state index contributed by atoms with van der Waals surface area (Å²) in [6, 6.07) is 1.68. The molecule has 0 bridgehead atoms. The van der Waals surface area contributed by atoms with Crippen LogP contribution in [-0.4, -0.2) is 57.2 Å². The van der Waals surface area contributed by atoms with Crippen LogP contribution in [0.2, 0.25) is 0 Å². The lowest BCUT2D eigenvalue weighted by molar-refractivity contribution is -0.141. The predicted molar refractivity (Wildman–Crippen MR) is 118 cm³/mol. The van der Waals surface area contributed by atoms with E-state index in [-0.39, 0.29) is 49.6 Å². The lowest BCUT2D eigenvalue weighted by atomic mass is 9.85. The molecule has 2 amide bonds. The molecule has 0 radical (unpaired) electrons. The number of aromatic amines is 1. The molecule has 12 heteroatoms. The van der Waals surface area contributed by atoms with Gasteiger partial charge in [-0.15, -0.1) is 0 Å². The minimum absolute atomic E-state index is 0.144. The van der Waals surface area contributed by atoms with Crippen molar-refractivity contribution >= 4 is 12.0 Å². The summed E-state index contributed by atoms with van der Waals surface area (Å²) in [4.78, 5) is 28.5. The van der Waals surface area contributed by atoms with Gasteiger partial charge in [-0.2, -0.15) is 18.3 Å². The molecule has 2 aromatic rings. The number of alkyl halides is 3. The van der Waals surface area contributed by atoms with E-state index in [9.17, 15) is 31.5 Å². The van der Waals surface area contributed by atoms with Crippen molar-refractivity contribution in [2.45, 2.75) is 64.3 Å². The number of fused-ring (bicyclic) bond motifs is 1. The summed E-state index contributed by atoms with van der Waals surface area (Å²) in [6.07, 6.45) is -4.77. The number of carbonyl (C=O) groups excluding carboxylic acids is 2. The first-order valence-electron chi connectivity index (χ1n) is 11.6. The highest BCUT2D eigenvalue weighted by molar-refractivity contribution is 5.94. The summed E-state index contributed by atoms with van der Waals surface area (Å²) in [5, 5.41) is 6.97. The zero-order valence-corrected chi connectivity index (χ0v) is 20.1. The number of amides is 2. The van der Waals surface area contributed by atoms with Crippen LogP contribution >= 0.6 is 0 Å². The summed E-state index contributed by atoms with van der Waals surface area (Å²) >= 11 is 0. The van der Waals surface area contributed by atoms with Gasteiger partial charge in [-0.3, -0.25) is 9.89 Å². The molecule has 36 heavy (non-hydrogen) atoms. The topological polar surface area (TPSA) is 78.5 Å². The molecule has 7 nitrogen and oxygen atoms in total. The van der Waals surface area contributed by atoms with Gasteiger partial charge in [0.2, 0.25) is 0 Å². The van der Waals surface area contributed by atoms with Gasteiger partial charge in [-0.25, -0.2) is 13.6 Å². The zero-order valence-electron chi connectivity index (χ0n) is 20.1. The molecular formula is C24H27F5N4O3. The van der Waals surface area contributed by atoms with E-state index in [1.807, 2.05) is 0 Å². The van der Waals surface area contributed by atoms with Crippen molar-refractivity contribution in [2.75, 3.05) is 19.6 Å². The maximum atomic E-state index is 14.0. The Hall–Kier alpha value is -3.18. The number of carbonyl (C=O) groups is 2. The lowest BCUT2D eigenvalue weighted by Gasteiger charge is -2.33. The average Bonchev–Trinajstić information content (AvgIpc) is 3.21. The fourth-order valence-corrected chi connectivity index (χ4v) is 4.71. The Morgan fingerprint density at radius 1 is 1.06 bits per heavy atom. The molecule has 4 rings (SSSR count). The van der Waals surface area contributed by atoms with Gasteiger partial charge in [0, 0.05) is 25.2 Å². The van der Waals surface area contributed by atoms with Crippen molar-refractivity contribution in [3.05, 3.63) is 51.8 Å². The number of likely N-dealkylation sites (tertiary alicyclic amines) is 1. The van der Waals surface area contributed by atoms with Crippen LogP contribution in [0.15, 0.2) is 12.1 Å². The van der Waals surface area contributed by atoms with E-state index in [1.54, 1.807) is 20.8 Å². The van der Waals surface area contributed by atoms with E-state index in [0.29, 0.717) is 30.3 Å². The van der Waals surface area contributed by atoms with Crippen LogP contribution in [0.4, 0.5) is 26.7 Å². The van der Waals surface area contributed by atoms with E-state index in [1.165, 1.54) is 9.80 Å². The molecule has 2 aliphatic rings. The monoisotopic (exact) mass is 514 g/mol. The SMILES string of the molecule is CC(C)(C)OC(=O)N1CCc2c(C(=O)N3CCC(c4ccc(F)c(F)c4C(F)(F)F)CC3)n[nH]c2C1. The van der Waals surface area contributed by atoms with Crippen LogP contribution in [0.5, 0.6) is 0 Å². The van der Waals surface area contributed by atoms with Crippen LogP contribution < -0.4 is 0 Å². The number of rotatable bonds is 2. The third-order valence-electron chi connectivity index (χ3n) is 6.42. The zero-order chi connectivity index (χ0) is 26.4. The van der Waals surface area contributed by atoms with Crippen molar-refractivity contribution in [3.8, 4) is 0 Å². The maximum absolute atomic E-state index is 14.0. The molecule has 196 valence electrons. The number of H-pyrrole nitrogens is 1. The Labute approximate surface area is 204 Å². The molecule has 0 atom stereocenters. The normalized spacial score (nSPS) is 17.2. The fraction of sp³-hybridized carbons (Fsp3) is 0.542. The number of hydrogen-bond donors (Lipinski definition) is 1. The van der Waals surface area contributed by atoms with Crippen LogP contribution in [0, 0.1) is 11.6 Å². The first kappa shape index (κ1) is 25.9. The number of nitrogens with zero attached hydrogens (tertiary/aromatic N) is 3. The number of halogens is 5. The summed E-state index contributed by atoms with van der Waals surface area (Å²) < 4.78 is 73.2. The van der Waals surface area contributed by atoms with Gasteiger partial charge in [0.1, 0.15) is 5.60 Å². The summed E-state index contributed by atoms with van der Waals surface area (Å²) in [7, 11) is 0. The highest BCUT2D eigenvalue weighted by Crippen LogP contribution is 2.41. The van der Waals surface area contributed by atoms with Gasteiger partial charge in [-0.05, 0) is 57.6 Å². The van der Waals surface area contributed by atoms with Crippen molar-refractivity contribution in [1.82, 2.24) is 20.0 Å². The molecule has 0 aliphatic carbocycles. The number of ether oxygens (including phenoxy) is 1. The molecule has 1 aromatic heterocycles. The third-order valence-corrected chi connectivity index (χ3v) is 6.42. The second-order valence-electron chi connectivity index (χ2n) is 10.1. The molecule has 0 saturated carbocycles. The average molecular weight is 514 g/mol. The molecule has 1 fully saturated rings. The third kappa shape index (κ3) is 5.17. The number of hydrogen-bond acceptors (Lipinski definition) is 4. The van der Waals surface area contributed by atoms with Crippen LogP contribution in [0.1, 0.15) is 72.4 Å². The predicted octanol–water partition coefficient (Wildman–Crippen LogP) is 5.02. The number of piperidine rings is 1. The number of aromatic nitrogens is 2. The van der Waals surface area contributed by atoms with Crippen LogP contribution in [-0.2, 0) is 23.9 Å². The van der Waals surface area contributed by atoms with E-state index < -0.39 is 41.0 Å². The molecule has 1 aromatic carbocycles. The van der Waals surface area contributed by atoms with Crippen molar-refractivity contribution in [3.63, 3.8) is 0 Å². The van der Waals surface area contributed by atoms with Gasteiger partial charge in [0.15, 0.2) is 17.3 Å². The lowest BCUT2D eigenvalue weighted by Crippen LogP contribution is -2.41. The van der Waals surface area contributed by atoms with Crippen molar-refractivity contribution in [1.29, 1.82) is 0 Å². The van der Waals surface area contributed by atoms with E-state index in [4.69, 9.17) is 4.74 Å². The number of benzene rings is 1. The second kappa shape index (κ2) is 9.36. The Bertz CT molecular complexity index is 1160. The van der Waals surface area contributed by atoms with E-state index in [0.717, 1.165) is 6.07 Å². The highest BCUT2D eigenvalue weighted by atomic mass is 19.4. The Balaban J connectivity index is 1.44. The van der Waals surface area contributed by atoms with Gasteiger partial charge < -0.3 is 14.5 Å². The summed E-state index contributed by atoms with van der Waals surface area (Å²) in [6.45, 7) is 6.16. The largest absolute Gasteiger partial charge is 0.444 e. The molecule has 3 heterocycles. The number of nitrogens with one attached hydrogen (secondary N) is 1.